The normalized spacial score (nSPS) is 13.1. The molecule has 0 bridgehead atoms. The molecular formula is C30H33F2N7O5S. The van der Waals surface area contributed by atoms with Gasteiger partial charge in [0.25, 0.3) is 5.56 Å². The van der Waals surface area contributed by atoms with Gasteiger partial charge in [-0.05, 0) is 42.4 Å². The number of hydrogen-bond acceptors (Lipinski definition) is 9. The Morgan fingerprint density at radius 1 is 1.09 bits per heavy atom. The fourth-order valence-electron chi connectivity index (χ4n) is 5.12. The van der Waals surface area contributed by atoms with E-state index in [1.54, 1.807) is 43.3 Å². The molecule has 15 heteroatoms. The molecule has 0 fully saturated rings. The van der Waals surface area contributed by atoms with E-state index in [0.717, 1.165) is 16.7 Å². The fourth-order valence-corrected chi connectivity index (χ4v) is 6.43. The number of carbonyl (C=O) groups excluding carboxylic acids is 1. The van der Waals surface area contributed by atoms with Gasteiger partial charge >= 0.3 is 11.7 Å². The van der Waals surface area contributed by atoms with E-state index in [-0.39, 0.29) is 21.7 Å². The molecule has 0 radical (unpaired) electrons. The molecule has 3 heterocycles. The van der Waals surface area contributed by atoms with Gasteiger partial charge in [0, 0.05) is 49.9 Å². The molecule has 0 spiro atoms. The highest BCUT2D eigenvalue weighted by Gasteiger charge is 2.28. The van der Waals surface area contributed by atoms with Crippen molar-refractivity contribution in [1.29, 1.82) is 0 Å². The molecule has 238 valence electrons. The number of likely N-dealkylation sites (N-methyl/N-ethyl adjacent to an activating group) is 2. The van der Waals surface area contributed by atoms with Crippen LogP contribution in [0.3, 0.4) is 0 Å². The summed E-state index contributed by atoms with van der Waals surface area (Å²) in [6.07, 6.45) is 0. The predicted molar refractivity (Wildman–Crippen MR) is 169 cm³/mol. The molecule has 45 heavy (non-hydrogen) atoms. The number of amides is 2. The van der Waals surface area contributed by atoms with Crippen molar-refractivity contribution in [3.8, 4) is 10.4 Å². The van der Waals surface area contributed by atoms with Gasteiger partial charge in [-0.15, -0.1) is 11.3 Å². The van der Waals surface area contributed by atoms with Gasteiger partial charge in [0.2, 0.25) is 5.96 Å². The SMILES string of the molecule is COCCN(C)Cc1c(-c2ccc(NC(=O)NOC)cc2)sc2c1c(=O)n(C1=NCCN1C)c(=O)n2Cc1c(F)cccc1F. The van der Waals surface area contributed by atoms with Crippen molar-refractivity contribution in [3.63, 3.8) is 0 Å². The van der Waals surface area contributed by atoms with Crippen LogP contribution >= 0.6 is 11.3 Å². The Morgan fingerprint density at radius 3 is 2.42 bits per heavy atom. The van der Waals surface area contributed by atoms with Gasteiger partial charge in [0.05, 0.1) is 32.2 Å². The number of hydrogen-bond donors (Lipinski definition) is 2. The molecule has 4 aromatic rings. The van der Waals surface area contributed by atoms with Gasteiger partial charge in [-0.2, -0.15) is 4.57 Å². The second-order valence-corrected chi connectivity index (χ2v) is 11.5. The van der Waals surface area contributed by atoms with Gasteiger partial charge in [0.1, 0.15) is 16.5 Å². The van der Waals surface area contributed by atoms with Crippen LogP contribution in [0.5, 0.6) is 0 Å². The summed E-state index contributed by atoms with van der Waals surface area (Å²) in [6, 6.07) is 9.89. The van der Waals surface area contributed by atoms with Crippen LogP contribution < -0.4 is 22.0 Å². The number of nitrogens with one attached hydrogen (secondary N) is 2. The van der Waals surface area contributed by atoms with E-state index in [2.05, 4.69) is 20.6 Å². The number of rotatable bonds is 10. The number of nitrogens with zero attached hydrogens (tertiary/aromatic N) is 5. The molecule has 1 aliphatic rings. The second kappa shape index (κ2) is 13.7. The minimum Gasteiger partial charge on any atom is -0.383 e. The molecular weight excluding hydrogens is 608 g/mol. The van der Waals surface area contributed by atoms with Crippen molar-refractivity contribution in [3.05, 3.63) is 86.1 Å². The minimum absolute atomic E-state index is 0.172. The summed E-state index contributed by atoms with van der Waals surface area (Å²) >= 11 is 1.18. The number of aromatic nitrogens is 2. The van der Waals surface area contributed by atoms with Gasteiger partial charge in [-0.25, -0.2) is 23.9 Å². The highest BCUT2D eigenvalue weighted by Crippen LogP contribution is 2.38. The number of anilines is 1. The fraction of sp³-hybridized carbons (Fsp3) is 0.333. The summed E-state index contributed by atoms with van der Waals surface area (Å²) in [6.45, 7) is 1.75. The third kappa shape index (κ3) is 6.51. The zero-order valence-electron chi connectivity index (χ0n) is 25.2. The van der Waals surface area contributed by atoms with E-state index in [0.29, 0.717) is 54.5 Å². The van der Waals surface area contributed by atoms with Crippen LogP contribution in [-0.4, -0.2) is 85.5 Å². The number of hydroxylamine groups is 1. The molecule has 12 nitrogen and oxygen atoms in total. The second-order valence-electron chi connectivity index (χ2n) is 10.5. The van der Waals surface area contributed by atoms with Crippen LogP contribution in [0, 0.1) is 11.6 Å². The molecule has 1 aliphatic heterocycles. The molecule has 5 rings (SSSR count). The van der Waals surface area contributed by atoms with E-state index >= 15 is 0 Å². The average Bonchev–Trinajstić information content (AvgIpc) is 3.59. The maximum absolute atomic E-state index is 14.9. The first-order valence-electron chi connectivity index (χ1n) is 14.0. The standard InChI is InChI=1S/C30H33F2N7O5S/c1-36(14-15-43-3)16-21-24-26(40)39(29-33-12-13-37(29)2)30(42)38(17-20-22(31)6-5-7-23(20)32)27(24)45-25(21)18-8-10-19(11-9-18)34-28(41)35-44-4/h5-11H,12-17H2,1-4H3,(H2,34,35,41). The summed E-state index contributed by atoms with van der Waals surface area (Å²) < 4.78 is 37.3. The largest absolute Gasteiger partial charge is 0.383 e. The summed E-state index contributed by atoms with van der Waals surface area (Å²) in [5.74, 6) is -1.44. The highest BCUT2D eigenvalue weighted by molar-refractivity contribution is 7.22. The zero-order chi connectivity index (χ0) is 32.2. The Labute approximate surface area is 261 Å². The zero-order valence-corrected chi connectivity index (χ0v) is 26.0. The molecule has 0 aliphatic carbocycles. The van der Waals surface area contributed by atoms with Crippen LogP contribution in [-0.2, 0) is 22.7 Å². The van der Waals surface area contributed by atoms with E-state index in [1.807, 2.05) is 11.9 Å². The lowest BCUT2D eigenvalue weighted by Crippen LogP contribution is -2.48. The number of methoxy groups -OCH3 is 1. The van der Waals surface area contributed by atoms with Crippen molar-refractivity contribution in [2.24, 2.45) is 4.99 Å². The first-order chi connectivity index (χ1) is 21.6. The van der Waals surface area contributed by atoms with Crippen molar-refractivity contribution < 1.29 is 23.1 Å². The van der Waals surface area contributed by atoms with Crippen LogP contribution in [0.2, 0.25) is 0 Å². The molecule has 0 unspecified atom stereocenters. The van der Waals surface area contributed by atoms with Crippen molar-refractivity contribution >= 4 is 39.2 Å². The van der Waals surface area contributed by atoms with Crippen LogP contribution in [0.15, 0.2) is 57.0 Å². The highest BCUT2D eigenvalue weighted by atomic mass is 32.1. The quantitative estimate of drug-likeness (QED) is 0.255. The average molecular weight is 642 g/mol. The number of thiophene rings is 1. The third-order valence-electron chi connectivity index (χ3n) is 7.39. The number of aliphatic imine (C=N–C) groups is 1. The summed E-state index contributed by atoms with van der Waals surface area (Å²) in [5, 5.41) is 2.89. The molecule has 2 aromatic heterocycles. The van der Waals surface area contributed by atoms with E-state index < -0.39 is 35.5 Å². The van der Waals surface area contributed by atoms with E-state index in [4.69, 9.17) is 4.74 Å². The number of halogens is 2. The van der Waals surface area contributed by atoms with E-state index in [1.165, 1.54) is 29.1 Å². The molecule has 0 saturated carbocycles. The summed E-state index contributed by atoms with van der Waals surface area (Å²) in [5.41, 5.74) is 2.40. The molecule has 2 N–H and O–H groups in total. The summed E-state index contributed by atoms with van der Waals surface area (Å²) in [7, 11) is 6.52. The lowest BCUT2D eigenvalue weighted by Gasteiger charge is -2.19. The topological polar surface area (TPSA) is 122 Å². The first-order valence-corrected chi connectivity index (χ1v) is 14.8. The van der Waals surface area contributed by atoms with Crippen LogP contribution in [0.1, 0.15) is 11.1 Å². The van der Waals surface area contributed by atoms with Crippen molar-refractivity contribution in [2.75, 3.05) is 59.9 Å². The Hall–Kier alpha value is -4.44. The van der Waals surface area contributed by atoms with Crippen molar-refractivity contribution in [2.45, 2.75) is 13.1 Å². The van der Waals surface area contributed by atoms with E-state index in [9.17, 15) is 23.2 Å². The van der Waals surface area contributed by atoms with Gasteiger partial charge in [-0.1, -0.05) is 18.2 Å². The Balaban J connectivity index is 1.77. The smallest absolute Gasteiger partial charge is 0.343 e. The summed E-state index contributed by atoms with van der Waals surface area (Å²) in [4.78, 5) is 54.0. The molecule has 2 aromatic carbocycles. The van der Waals surface area contributed by atoms with Gasteiger partial charge in [-0.3, -0.25) is 24.1 Å². The molecule has 2 amide bonds. The van der Waals surface area contributed by atoms with Crippen LogP contribution in [0.25, 0.3) is 20.7 Å². The third-order valence-corrected chi connectivity index (χ3v) is 8.69. The maximum atomic E-state index is 14.9. The number of ether oxygens (including phenoxy) is 1. The molecule has 0 atom stereocenters. The first kappa shape index (κ1) is 32.0. The maximum Gasteiger partial charge on any atom is 0.343 e. The Morgan fingerprint density at radius 2 is 1.80 bits per heavy atom. The number of carbonyl (C=O) groups is 1. The number of benzene rings is 2. The van der Waals surface area contributed by atoms with Crippen LogP contribution in [0.4, 0.5) is 19.3 Å². The number of fused-ring (bicyclic) bond motifs is 1. The lowest BCUT2D eigenvalue weighted by molar-refractivity contribution is 0.114. The van der Waals surface area contributed by atoms with Gasteiger partial charge < -0.3 is 15.0 Å². The van der Waals surface area contributed by atoms with Crippen molar-refractivity contribution in [1.82, 2.24) is 24.4 Å². The number of urea groups is 1. The monoisotopic (exact) mass is 641 g/mol. The van der Waals surface area contributed by atoms with Gasteiger partial charge in [0.15, 0.2) is 0 Å². The Bertz CT molecular complexity index is 1850. The predicted octanol–water partition coefficient (Wildman–Crippen LogP) is 3.13. The Kier molecular flexibility index (Phi) is 9.72. The lowest BCUT2D eigenvalue weighted by atomic mass is 10.1. The molecule has 0 saturated heterocycles. The minimum atomic E-state index is -0.806.